The first-order valence-corrected chi connectivity index (χ1v) is 14.3. The summed E-state index contributed by atoms with van der Waals surface area (Å²) in [6.45, 7) is 23.0. The molecule has 1 saturated carbocycles. The third-order valence-corrected chi connectivity index (χ3v) is 6.55. The molecule has 0 radical (unpaired) electrons. The summed E-state index contributed by atoms with van der Waals surface area (Å²) in [6, 6.07) is 0. The Hall–Kier alpha value is -1.73. The Bertz CT molecular complexity index is 742. The summed E-state index contributed by atoms with van der Waals surface area (Å²) < 4.78 is 15.8. The Morgan fingerprint density at radius 3 is 2.31 bits per heavy atom. The van der Waals surface area contributed by atoms with Crippen molar-refractivity contribution in [2.45, 2.75) is 97.4 Å². The predicted octanol–water partition coefficient (Wildman–Crippen LogP) is 7.95. The van der Waals surface area contributed by atoms with Crippen LogP contribution in [0.25, 0.3) is 0 Å². The van der Waals surface area contributed by atoms with E-state index < -0.39 is 0 Å². The topological polar surface area (TPSA) is 73.6 Å². The Labute approximate surface area is 225 Å². The van der Waals surface area contributed by atoms with Crippen molar-refractivity contribution in [2.24, 2.45) is 17.8 Å². The van der Waals surface area contributed by atoms with Gasteiger partial charge in [-0.25, -0.2) is 0 Å². The van der Waals surface area contributed by atoms with Gasteiger partial charge in [-0.1, -0.05) is 66.0 Å². The molecule has 1 unspecified atom stereocenters. The largest absolute Gasteiger partial charge is 0.472 e. The van der Waals surface area contributed by atoms with Crippen molar-refractivity contribution in [2.75, 3.05) is 26.1 Å². The van der Waals surface area contributed by atoms with Crippen molar-refractivity contribution >= 4 is 17.7 Å². The smallest absolute Gasteiger partial charge is 0.291 e. The number of amides is 1. The molecule has 0 bridgehead atoms. The second-order valence-electron chi connectivity index (χ2n) is 10.4. The van der Waals surface area contributed by atoms with Crippen LogP contribution in [0.1, 0.15) is 97.5 Å². The summed E-state index contributed by atoms with van der Waals surface area (Å²) in [4.78, 5) is 13.3. The van der Waals surface area contributed by atoms with E-state index in [1.165, 1.54) is 31.0 Å². The van der Waals surface area contributed by atoms with Crippen LogP contribution < -0.4 is 10.1 Å². The van der Waals surface area contributed by atoms with E-state index in [4.69, 9.17) is 14.0 Å². The fraction of sp³-hybridized carbons (Fsp3) is 0.724. The summed E-state index contributed by atoms with van der Waals surface area (Å²) in [5, 5.41) is 6.94. The van der Waals surface area contributed by atoms with Crippen LogP contribution in [0.4, 0.5) is 0 Å². The minimum Gasteiger partial charge on any atom is -0.472 e. The third kappa shape index (κ3) is 16.1. The molecule has 1 fully saturated rings. The van der Waals surface area contributed by atoms with Gasteiger partial charge in [0.1, 0.15) is 11.5 Å². The highest BCUT2D eigenvalue weighted by Crippen LogP contribution is 2.35. The van der Waals surface area contributed by atoms with Crippen LogP contribution >= 0.6 is 11.8 Å². The summed E-state index contributed by atoms with van der Waals surface area (Å²) in [5.74, 6) is 3.41. The van der Waals surface area contributed by atoms with E-state index in [9.17, 15) is 4.79 Å². The van der Waals surface area contributed by atoms with Gasteiger partial charge in [-0.15, -0.1) is 24.9 Å². The lowest BCUT2D eigenvalue weighted by Gasteiger charge is -2.28. The van der Waals surface area contributed by atoms with Crippen LogP contribution in [0, 0.1) is 17.8 Å². The minimum absolute atomic E-state index is 0.177. The number of rotatable bonds is 15. The van der Waals surface area contributed by atoms with Crippen LogP contribution in [-0.2, 0) is 4.74 Å². The number of carbonyl (C=O) groups excluding carboxylic acids is 1. The van der Waals surface area contributed by atoms with Crippen LogP contribution in [0.5, 0.6) is 5.88 Å². The molecule has 1 aromatic rings. The molecule has 1 aliphatic carbocycles. The van der Waals surface area contributed by atoms with E-state index in [-0.39, 0.29) is 17.2 Å². The quantitative estimate of drug-likeness (QED) is 0.143. The lowest BCUT2D eigenvalue weighted by molar-refractivity contribution is 0.0859. The van der Waals surface area contributed by atoms with Gasteiger partial charge < -0.3 is 19.3 Å². The molecule has 0 saturated heterocycles. The molecule has 1 atom stereocenters. The summed E-state index contributed by atoms with van der Waals surface area (Å²) in [7, 11) is 1.60. The Morgan fingerprint density at radius 1 is 1.22 bits per heavy atom. The van der Waals surface area contributed by atoms with Crippen LogP contribution in [0.2, 0.25) is 0 Å². The highest BCUT2D eigenvalue weighted by Gasteiger charge is 2.29. The number of aromatic nitrogens is 1. The molecule has 1 heterocycles. The second kappa shape index (κ2) is 19.4. The van der Waals surface area contributed by atoms with Crippen molar-refractivity contribution < 1.29 is 18.8 Å². The number of ether oxygens (including phenoxy) is 2. The minimum atomic E-state index is -0.337. The highest BCUT2D eigenvalue weighted by atomic mass is 32.2. The van der Waals surface area contributed by atoms with Gasteiger partial charge in [-0.2, -0.15) is 0 Å². The molecular weight excluding hydrogens is 472 g/mol. The molecule has 0 spiro atoms. The fourth-order valence-corrected chi connectivity index (χ4v) is 4.21. The van der Waals surface area contributed by atoms with Crippen molar-refractivity contribution in [1.29, 1.82) is 0 Å². The number of nitrogens with one attached hydrogen (secondary N) is 1. The molecule has 36 heavy (non-hydrogen) atoms. The number of carbonyl (C=O) groups is 1. The molecule has 1 aliphatic rings. The molecular formula is C29H52N2O4S. The maximum absolute atomic E-state index is 12.7. The van der Waals surface area contributed by atoms with Gasteiger partial charge in [-0.05, 0) is 56.0 Å². The fourth-order valence-electron chi connectivity index (χ4n) is 3.45. The van der Waals surface area contributed by atoms with Crippen LogP contribution in [-0.4, -0.2) is 42.7 Å². The average Bonchev–Trinajstić information content (AvgIpc) is 3.53. The summed E-state index contributed by atoms with van der Waals surface area (Å²) >= 11 is 1.41. The van der Waals surface area contributed by atoms with Crippen molar-refractivity contribution in [3.8, 4) is 5.88 Å². The summed E-state index contributed by atoms with van der Waals surface area (Å²) in [5.41, 5.74) is -0.337. The standard InChI is InChI=1S/C18H30N2O4S.C7H14.C4H8/c1-7-11-25-15-14(24-20-17(15)23-10-9-22-6)16(21)19-18(4,5)12-13(3)8-2;1-6(2)5-7-3-4-7;1-3-4-2/h7,13H,1,8-12H2,2-6H3,(H,19,21);6-7H,3-5H2,1-2H3;3H,1,4H2,2H3. The zero-order chi connectivity index (χ0) is 27.6. The van der Waals surface area contributed by atoms with Gasteiger partial charge in [0, 0.05) is 18.4 Å². The lowest BCUT2D eigenvalue weighted by Crippen LogP contribution is -2.44. The van der Waals surface area contributed by atoms with E-state index in [0.29, 0.717) is 35.7 Å². The van der Waals surface area contributed by atoms with Crippen molar-refractivity contribution in [3.63, 3.8) is 0 Å². The Balaban J connectivity index is 0.000000913. The molecule has 2 rings (SSSR count). The van der Waals surface area contributed by atoms with Crippen molar-refractivity contribution in [3.05, 3.63) is 31.1 Å². The van der Waals surface area contributed by atoms with E-state index in [2.05, 4.69) is 58.3 Å². The summed E-state index contributed by atoms with van der Waals surface area (Å²) in [6.07, 6.45) is 11.2. The molecule has 1 N–H and O–H groups in total. The molecule has 6 nitrogen and oxygen atoms in total. The number of thioether (sulfide) groups is 1. The zero-order valence-corrected chi connectivity index (χ0v) is 25.0. The van der Waals surface area contributed by atoms with Gasteiger partial charge in [-0.3, -0.25) is 4.79 Å². The third-order valence-electron chi connectivity index (χ3n) is 5.50. The first kappa shape index (κ1) is 34.3. The molecule has 0 aromatic carbocycles. The highest BCUT2D eigenvalue weighted by molar-refractivity contribution is 7.99. The Kier molecular flexibility index (Phi) is 18.5. The van der Waals surface area contributed by atoms with E-state index in [1.54, 1.807) is 13.2 Å². The average molecular weight is 525 g/mol. The van der Waals surface area contributed by atoms with Gasteiger partial charge in [0.25, 0.3) is 11.8 Å². The molecule has 1 amide bonds. The molecule has 1 aromatic heterocycles. The zero-order valence-electron chi connectivity index (χ0n) is 24.2. The maximum Gasteiger partial charge on any atom is 0.291 e. The van der Waals surface area contributed by atoms with Crippen molar-refractivity contribution in [1.82, 2.24) is 10.5 Å². The van der Waals surface area contributed by atoms with E-state index >= 15 is 0 Å². The van der Waals surface area contributed by atoms with Crippen LogP contribution in [0.3, 0.4) is 0 Å². The number of allylic oxidation sites excluding steroid dienone is 1. The monoisotopic (exact) mass is 524 g/mol. The number of methoxy groups -OCH3 is 1. The predicted molar refractivity (Wildman–Crippen MR) is 153 cm³/mol. The van der Waals surface area contributed by atoms with Gasteiger partial charge in [0.15, 0.2) is 0 Å². The van der Waals surface area contributed by atoms with Crippen LogP contribution in [0.15, 0.2) is 34.7 Å². The first-order valence-electron chi connectivity index (χ1n) is 13.3. The number of hydrogen-bond donors (Lipinski definition) is 1. The number of hydrogen-bond acceptors (Lipinski definition) is 6. The van der Waals surface area contributed by atoms with Gasteiger partial charge in [0.05, 0.1) is 6.61 Å². The Morgan fingerprint density at radius 2 is 1.86 bits per heavy atom. The molecule has 7 heteroatoms. The van der Waals surface area contributed by atoms with E-state index in [1.807, 2.05) is 19.9 Å². The van der Waals surface area contributed by atoms with E-state index in [0.717, 1.165) is 31.1 Å². The van der Waals surface area contributed by atoms with Gasteiger partial charge in [0.2, 0.25) is 5.76 Å². The number of nitrogens with zero attached hydrogens (tertiary/aromatic N) is 1. The normalized spacial score (nSPS) is 13.6. The first-order chi connectivity index (χ1) is 17.0. The van der Waals surface area contributed by atoms with Gasteiger partial charge >= 0.3 is 0 Å². The maximum atomic E-state index is 12.7. The second-order valence-corrected chi connectivity index (χ2v) is 11.4. The SMILES string of the molecule is C=CCC.C=CCSc1c(OCCOC)noc1C(=O)NC(C)(C)CC(C)CC.CC(C)CC1CC1. The lowest BCUT2D eigenvalue weighted by atomic mass is 9.90. The molecule has 0 aliphatic heterocycles. The molecule has 208 valence electrons.